The second-order valence-corrected chi connectivity index (χ2v) is 6.47. The summed E-state index contributed by atoms with van der Waals surface area (Å²) in [5.74, 6) is -2.66. The van der Waals surface area contributed by atoms with E-state index in [0.29, 0.717) is 0 Å². The highest BCUT2D eigenvalue weighted by Gasteiger charge is 2.54. The van der Waals surface area contributed by atoms with Gasteiger partial charge in [-0.3, -0.25) is 9.05 Å². The van der Waals surface area contributed by atoms with Crippen molar-refractivity contribution >= 4 is 61.8 Å². The fraction of sp³-hybridized carbons (Fsp3) is 1.00. The normalized spacial score (nSPS) is 32.2. The molecule has 4 atom stereocenters. The Kier molecular flexibility index (Phi) is 11.0. The number of hydrogen-bond acceptors (Lipinski definition) is 8. The minimum atomic E-state index is -4.96. The highest BCUT2D eigenvalue weighted by Crippen LogP contribution is 2.41. The lowest BCUT2D eigenvalue weighted by Crippen LogP contribution is -2.46. The number of hydrogen-bond donors (Lipinski definition) is 7. The number of phosphoric acid groups is 2. The first-order valence-electron chi connectivity index (χ1n) is 5.00. The maximum atomic E-state index is 10.5. The maximum absolute atomic E-state index is 10.5. The lowest BCUT2D eigenvalue weighted by atomic mass is 10.1. The van der Waals surface area contributed by atoms with Crippen molar-refractivity contribution in [3.8, 4) is 0 Å². The highest BCUT2D eigenvalue weighted by atomic mass is 31.2. The third kappa shape index (κ3) is 8.11. The average Bonchev–Trinajstić information content (AvgIpc) is 2.48. The molecule has 0 spiro atoms. The second kappa shape index (κ2) is 9.33. The monoisotopic (exact) mass is 388 g/mol. The number of ether oxygens (including phenoxy) is 1. The number of phosphoric ester groups is 2. The molecule has 0 saturated carbocycles. The minimum absolute atomic E-state index is 0. The number of aliphatic hydroxyl groups is 3. The van der Waals surface area contributed by atoms with Gasteiger partial charge in [0.1, 0.15) is 24.9 Å². The van der Waals surface area contributed by atoms with E-state index in [2.05, 4.69) is 13.8 Å². The molecule has 0 aliphatic carbocycles. The van der Waals surface area contributed by atoms with Gasteiger partial charge in [0, 0.05) is 46.1 Å². The average molecular weight is 389 g/mol. The van der Waals surface area contributed by atoms with Crippen LogP contribution in [-0.2, 0) is 22.9 Å². The van der Waals surface area contributed by atoms with Gasteiger partial charge >= 0.3 is 15.6 Å². The summed E-state index contributed by atoms with van der Waals surface area (Å²) in [5.41, 5.74) is 0. The number of aliphatic hydroxyl groups excluding tert-OH is 2. The quantitative estimate of drug-likeness (QED) is 0.173. The van der Waals surface area contributed by atoms with Gasteiger partial charge in [0.05, 0.1) is 6.61 Å². The Labute approximate surface area is 156 Å². The molecule has 1 saturated heterocycles. The highest BCUT2D eigenvalue weighted by molar-refractivity contribution is 7.46. The molecule has 1 aliphatic rings. The van der Waals surface area contributed by atoms with Crippen LogP contribution in [0, 0.1) is 0 Å². The van der Waals surface area contributed by atoms with Crippen molar-refractivity contribution in [2.45, 2.75) is 24.1 Å². The molecule has 4 radical (unpaired) electrons. The zero-order chi connectivity index (χ0) is 15.8. The fourth-order valence-electron chi connectivity index (χ4n) is 1.47. The van der Waals surface area contributed by atoms with Gasteiger partial charge in [-0.2, -0.15) is 0 Å². The molecule has 0 aromatic carbocycles. The van der Waals surface area contributed by atoms with Crippen molar-refractivity contribution in [3.05, 3.63) is 0 Å². The van der Waals surface area contributed by atoms with E-state index in [9.17, 15) is 24.4 Å². The van der Waals surface area contributed by atoms with Crippen LogP contribution in [0.2, 0.25) is 0 Å². The van der Waals surface area contributed by atoms with E-state index in [1.807, 2.05) is 0 Å². The van der Waals surface area contributed by atoms with Crippen LogP contribution < -0.4 is 0 Å². The van der Waals surface area contributed by atoms with Crippen LogP contribution >= 0.6 is 15.6 Å². The van der Waals surface area contributed by atoms with Crippen LogP contribution in [0.3, 0.4) is 0 Å². The van der Waals surface area contributed by atoms with Crippen LogP contribution in [0.4, 0.5) is 0 Å². The summed E-state index contributed by atoms with van der Waals surface area (Å²) in [6, 6.07) is 0. The van der Waals surface area contributed by atoms with E-state index in [0.717, 1.165) is 0 Å². The summed E-state index contributed by atoms with van der Waals surface area (Å²) in [7, 11) is -9.82. The molecule has 124 valence electrons. The van der Waals surface area contributed by atoms with Crippen LogP contribution in [0.25, 0.3) is 0 Å². The third-order valence-corrected chi connectivity index (χ3v) is 3.32. The van der Waals surface area contributed by atoms with Crippen molar-refractivity contribution < 1.29 is 57.8 Å². The number of rotatable bonds is 6. The lowest BCUT2D eigenvalue weighted by Gasteiger charge is -2.25. The molecule has 1 rings (SSSR count). The van der Waals surface area contributed by atoms with Crippen molar-refractivity contribution in [2.24, 2.45) is 0 Å². The molecule has 16 heteroatoms. The van der Waals surface area contributed by atoms with E-state index in [-0.39, 0.29) is 46.1 Å². The van der Waals surface area contributed by atoms with Gasteiger partial charge in [-0.25, -0.2) is 9.13 Å². The Bertz CT molecular complexity index is 437. The first kappa shape index (κ1) is 25.8. The smallest absolute Gasteiger partial charge is 0.387 e. The molecule has 12 nitrogen and oxygen atoms in total. The Morgan fingerprint density at radius 2 is 1.45 bits per heavy atom. The molecular formula is C6H14Mg2O12P2. The van der Waals surface area contributed by atoms with Gasteiger partial charge in [0.2, 0.25) is 5.79 Å². The Morgan fingerprint density at radius 1 is 1.00 bits per heavy atom. The van der Waals surface area contributed by atoms with Crippen LogP contribution in [0.15, 0.2) is 0 Å². The lowest BCUT2D eigenvalue weighted by molar-refractivity contribution is -0.245. The van der Waals surface area contributed by atoms with Crippen molar-refractivity contribution in [2.75, 3.05) is 13.2 Å². The Morgan fingerprint density at radius 3 is 1.86 bits per heavy atom. The molecule has 22 heavy (non-hydrogen) atoms. The van der Waals surface area contributed by atoms with E-state index in [1.54, 1.807) is 0 Å². The molecule has 0 bridgehead atoms. The topological polar surface area (TPSA) is 203 Å². The van der Waals surface area contributed by atoms with Gasteiger partial charge < -0.3 is 39.6 Å². The summed E-state index contributed by atoms with van der Waals surface area (Å²) < 4.78 is 33.6. The van der Waals surface area contributed by atoms with E-state index >= 15 is 0 Å². The maximum Gasteiger partial charge on any atom is 0.469 e. The van der Waals surface area contributed by atoms with Gasteiger partial charge in [-0.1, -0.05) is 0 Å². The Balaban J connectivity index is 0. The summed E-state index contributed by atoms with van der Waals surface area (Å²) in [4.78, 5) is 33.9. The molecule has 1 aliphatic heterocycles. The molecule has 1 heterocycles. The first-order chi connectivity index (χ1) is 8.84. The summed E-state index contributed by atoms with van der Waals surface area (Å²) in [6.07, 6.45) is -5.38. The van der Waals surface area contributed by atoms with Gasteiger partial charge in [0.25, 0.3) is 0 Å². The molecule has 1 fully saturated rings. The summed E-state index contributed by atoms with van der Waals surface area (Å²) in [5, 5.41) is 28.8. The van der Waals surface area contributed by atoms with E-state index in [4.69, 9.17) is 19.6 Å². The molecule has 0 aromatic rings. The zero-order valence-electron chi connectivity index (χ0n) is 11.1. The van der Waals surface area contributed by atoms with Crippen molar-refractivity contribution in [3.63, 3.8) is 0 Å². The Hall–Kier alpha value is 1.59. The van der Waals surface area contributed by atoms with Crippen LogP contribution in [0.1, 0.15) is 0 Å². The standard InChI is InChI=1S/C6H14O12P2.2Mg/c7-4-3(1-16-19(10,11)12)18-6(9,5(4)8)2-17-20(13,14)15;;/h3-5,7-9H,1-2H2,(H2,10,11,12)(H2,13,14,15);;/t3-,4-,5+,6-;;/m1../s1. The molecule has 0 amide bonds. The van der Waals surface area contributed by atoms with Gasteiger partial charge in [-0.15, -0.1) is 0 Å². The van der Waals surface area contributed by atoms with Gasteiger partial charge in [0.15, 0.2) is 0 Å². The van der Waals surface area contributed by atoms with Gasteiger partial charge in [-0.05, 0) is 0 Å². The van der Waals surface area contributed by atoms with E-state index < -0.39 is 53.0 Å². The van der Waals surface area contributed by atoms with Crippen LogP contribution in [-0.4, -0.2) is 118 Å². The zero-order valence-corrected chi connectivity index (χ0v) is 15.7. The predicted molar refractivity (Wildman–Crippen MR) is 69.3 cm³/mol. The third-order valence-electron chi connectivity index (χ3n) is 2.37. The largest absolute Gasteiger partial charge is 0.469 e. The second-order valence-electron chi connectivity index (χ2n) is 3.99. The minimum Gasteiger partial charge on any atom is -0.387 e. The molecule has 0 unspecified atom stereocenters. The summed E-state index contributed by atoms with van der Waals surface area (Å²) >= 11 is 0. The first-order valence-corrected chi connectivity index (χ1v) is 8.07. The fourth-order valence-corrected chi connectivity index (χ4v) is 2.17. The summed E-state index contributed by atoms with van der Waals surface area (Å²) in [6.45, 7) is -2.05. The van der Waals surface area contributed by atoms with Crippen molar-refractivity contribution in [1.29, 1.82) is 0 Å². The molecule has 7 N–H and O–H groups in total. The molecular weight excluding hydrogens is 375 g/mol. The van der Waals surface area contributed by atoms with Crippen molar-refractivity contribution in [1.82, 2.24) is 0 Å². The van der Waals surface area contributed by atoms with E-state index in [1.165, 1.54) is 0 Å². The van der Waals surface area contributed by atoms with Crippen LogP contribution in [0.5, 0.6) is 0 Å². The molecule has 0 aromatic heterocycles. The SMILES string of the molecule is O=P(O)(O)OC[C@H]1O[C@](O)(COP(=O)(O)O)[C@@H](O)[C@@H]1O.[Mg].[Mg]. The predicted octanol–water partition coefficient (Wildman–Crippen LogP) is -3.75.